The van der Waals surface area contributed by atoms with Gasteiger partial charge in [0.2, 0.25) is 10.0 Å². The number of ether oxygens (including phenoxy) is 1. The number of aliphatic imine (C=N–C) groups is 1. The quantitative estimate of drug-likeness (QED) is 0.467. The molecule has 0 saturated carbocycles. The summed E-state index contributed by atoms with van der Waals surface area (Å²) in [5.41, 5.74) is 0.999. The molecule has 130 valence electrons. The van der Waals surface area contributed by atoms with Crippen LogP contribution in [0.3, 0.4) is 0 Å². The third kappa shape index (κ3) is 5.90. The maximum Gasteiger partial charge on any atom is 0.240 e. The summed E-state index contributed by atoms with van der Waals surface area (Å²) < 4.78 is 31.4. The summed E-state index contributed by atoms with van der Waals surface area (Å²) in [4.78, 5) is 6.65. The van der Waals surface area contributed by atoms with Gasteiger partial charge in [-0.3, -0.25) is 4.99 Å². The third-order valence-electron chi connectivity index (χ3n) is 3.34. The van der Waals surface area contributed by atoms with Crippen molar-refractivity contribution < 1.29 is 13.2 Å². The lowest BCUT2D eigenvalue weighted by atomic mass is 10.2. The Hall–Kier alpha value is -0.910. The second-order valence-corrected chi connectivity index (χ2v) is 6.78. The second kappa shape index (κ2) is 9.40. The molecule has 0 saturated heterocycles. The first-order valence-electron chi connectivity index (χ1n) is 7.10. The molecule has 2 N–H and O–H groups in total. The monoisotopic (exact) mass is 454 g/mol. The average Bonchev–Trinajstić information content (AvgIpc) is 2.91. The van der Waals surface area contributed by atoms with Gasteiger partial charge in [-0.15, -0.1) is 24.0 Å². The van der Waals surface area contributed by atoms with E-state index in [0.717, 1.165) is 24.6 Å². The van der Waals surface area contributed by atoms with Crippen molar-refractivity contribution in [3.8, 4) is 0 Å². The minimum Gasteiger partial charge on any atom is -0.383 e. The lowest BCUT2D eigenvalue weighted by Crippen LogP contribution is -2.35. The fourth-order valence-electron chi connectivity index (χ4n) is 2.05. The SMILES string of the molecule is COCCNS(=O)(=O)c1ccc(CNC2=NCCN2C)cc1.I. The van der Waals surface area contributed by atoms with E-state index in [9.17, 15) is 8.42 Å². The summed E-state index contributed by atoms with van der Waals surface area (Å²) in [6.45, 7) is 2.95. The van der Waals surface area contributed by atoms with Crippen molar-refractivity contribution >= 4 is 40.0 Å². The number of hydrogen-bond acceptors (Lipinski definition) is 6. The van der Waals surface area contributed by atoms with E-state index in [-0.39, 0.29) is 35.4 Å². The number of sulfonamides is 1. The van der Waals surface area contributed by atoms with Gasteiger partial charge in [0.05, 0.1) is 18.0 Å². The Morgan fingerprint density at radius 2 is 2.00 bits per heavy atom. The standard InChI is InChI=1S/C14H22N4O3S.HI/c1-18-9-7-15-14(18)16-11-12-3-5-13(6-4-12)22(19,20)17-8-10-21-2;/h3-6,17H,7-11H2,1-2H3,(H,15,16);1H. The van der Waals surface area contributed by atoms with E-state index in [1.807, 2.05) is 7.05 Å². The minimum absolute atomic E-state index is 0. The van der Waals surface area contributed by atoms with Crippen LogP contribution in [-0.2, 0) is 21.3 Å². The van der Waals surface area contributed by atoms with Crippen molar-refractivity contribution in [2.75, 3.05) is 40.4 Å². The molecule has 2 rings (SSSR count). The van der Waals surface area contributed by atoms with Crippen LogP contribution < -0.4 is 10.0 Å². The summed E-state index contributed by atoms with van der Waals surface area (Å²) in [6.07, 6.45) is 0. The smallest absolute Gasteiger partial charge is 0.240 e. The molecule has 0 spiro atoms. The molecule has 0 fully saturated rings. The summed E-state index contributed by atoms with van der Waals surface area (Å²) in [7, 11) is 0.0452. The van der Waals surface area contributed by atoms with Crippen LogP contribution in [0.5, 0.6) is 0 Å². The molecule has 0 radical (unpaired) electrons. The van der Waals surface area contributed by atoms with Crippen molar-refractivity contribution in [3.05, 3.63) is 29.8 Å². The van der Waals surface area contributed by atoms with Crippen LogP contribution in [0.4, 0.5) is 0 Å². The van der Waals surface area contributed by atoms with Gasteiger partial charge in [0, 0.05) is 33.8 Å². The van der Waals surface area contributed by atoms with Crippen LogP contribution in [0.15, 0.2) is 34.2 Å². The third-order valence-corrected chi connectivity index (χ3v) is 4.82. The molecule has 1 aromatic carbocycles. The van der Waals surface area contributed by atoms with Gasteiger partial charge in [-0.05, 0) is 17.7 Å². The predicted molar refractivity (Wildman–Crippen MR) is 101 cm³/mol. The summed E-state index contributed by atoms with van der Waals surface area (Å²) in [5.74, 6) is 0.873. The Morgan fingerprint density at radius 3 is 2.57 bits per heavy atom. The molecule has 1 aromatic rings. The molecule has 0 aromatic heterocycles. The molecule has 7 nitrogen and oxygen atoms in total. The van der Waals surface area contributed by atoms with Crippen LogP contribution >= 0.6 is 24.0 Å². The van der Waals surface area contributed by atoms with Gasteiger partial charge in [-0.1, -0.05) is 12.1 Å². The van der Waals surface area contributed by atoms with Crippen molar-refractivity contribution in [1.29, 1.82) is 0 Å². The van der Waals surface area contributed by atoms with Gasteiger partial charge in [0.25, 0.3) is 0 Å². The van der Waals surface area contributed by atoms with E-state index in [0.29, 0.717) is 13.2 Å². The second-order valence-electron chi connectivity index (χ2n) is 5.01. The molecule has 23 heavy (non-hydrogen) atoms. The van der Waals surface area contributed by atoms with Crippen LogP contribution in [0.1, 0.15) is 5.56 Å². The maximum absolute atomic E-state index is 12.0. The Bertz CT molecular complexity index is 619. The van der Waals surface area contributed by atoms with Crippen molar-refractivity contribution in [2.24, 2.45) is 4.99 Å². The topological polar surface area (TPSA) is 83.0 Å². The van der Waals surface area contributed by atoms with E-state index in [4.69, 9.17) is 4.74 Å². The number of methoxy groups -OCH3 is 1. The first-order chi connectivity index (χ1) is 10.5. The van der Waals surface area contributed by atoms with Gasteiger partial charge in [-0.2, -0.15) is 0 Å². The number of halogens is 1. The van der Waals surface area contributed by atoms with Crippen molar-refractivity contribution in [3.63, 3.8) is 0 Å². The molecule has 9 heteroatoms. The van der Waals surface area contributed by atoms with E-state index in [1.54, 1.807) is 24.3 Å². The van der Waals surface area contributed by atoms with Gasteiger partial charge >= 0.3 is 0 Å². The van der Waals surface area contributed by atoms with Gasteiger partial charge < -0.3 is 15.0 Å². The highest BCUT2D eigenvalue weighted by Gasteiger charge is 2.14. The number of nitrogens with one attached hydrogen (secondary N) is 2. The Labute approximate surface area is 154 Å². The molecule has 0 bridgehead atoms. The van der Waals surface area contributed by atoms with Crippen molar-refractivity contribution in [2.45, 2.75) is 11.4 Å². The Kier molecular flexibility index (Phi) is 8.23. The number of benzene rings is 1. The number of nitrogens with zero attached hydrogens (tertiary/aromatic N) is 2. The molecule has 1 aliphatic heterocycles. The fourth-order valence-corrected chi connectivity index (χ4v) is 3.07. The highest BCUT2D eigenvalue weighted by Crippen LogP contribution is 2.10. The van der Waals surface area contributed by atoms with Crippen molar-refractivity contribution in [1.82, 2.24) is 14.9 Å². The molecule has 1 aliphatic rings. The highest BCUT2D eigenvalue weighted by atomic mass is 127. The zero-order valence-electron chi connectivity index (χ0n) is 13.3. The first-order valence-corrected chi connectivity index (χ1v) is 8.58. The Balaban J connectivity index is 0.00000264. The van der Waals surface area contributed by atoms with E-state index in [1.165, 1.54) is 7.11 Å². The Morgan fingerprint density at radius 1 is 1.30 bits per heavy atom. The number of hydrogen-bond donors (Lipinski definition) is 2. The van der Waals surface area contributed by atoms with Gasteiger partial charge in [-0.25, -0.2) is 13.1 Å². The molecule has 0 amide bonds. The summed E-state index contributed by atoms with van der Waals surface area (Å²) in [6, 6.07) is 6.80. The zero-order chi connectivity index (χ0) is 16.0. The van der Waals surface area contributed by atoms with E-state index in [2.05, 4.69) is 19.9 Å². The summed E-state index contributed by atoms with van der Waals surface area (Å²) in [5, 5.41) is 3.24. The molecule has 0 aliphatic carbocycles. The highest BCUT2D eigenvalue weighted by molar-refractivity contribution is 14.0. The van der Waals surface area contributed by atoms with Crippen LogP contribution in [0.25, 0.3) is 0 Å². The molecular weight excluding hydrogens is 431 g/mol. The maximum atomic E-state index is 12.0. The van der Waals surface area contributed by atoms with E-state index >= 15 is 0 Å². The first kappa shape index (κ1) is 20.1. The fraction of sp³-hybridized carbons (Fsp3) is 0.500. The van der Waals surface area contributed by atoms with Gasteiger partial charge in [0.1, 0.15) is 0 Å². The predicted octanol–water partition coefficient (Wildman–Crippen LogP) is 0.620. The summed E-state index contributed by atoms with van der Waals surface area (Å²) >= 11 is 0. The minimum atomic E-state index is -3.47. The van der Waals surface area contributed by atoms with Crippen LogP contribution in [0, 0.1) is 0 Å². The average molecular weight is 454 g/mol. The lowest BCUT2D eigenvalue weighted by molar-refractivity contribution is 0.204. The molecule has 1 heterocycles. The number of rotatable bonds is 7. The van der Waals surface area contributed by atoms with Crippen LogP contribution in [0.2, 0.25) is 0 Å². The molecule has 0 atom stereocenters. The molecule has 0 unspecified atom stereocenters. The van der Waals surface area contributed by atoms with Crippen LogP contribution in [-0.4, -0.2) is 59.7 Å². The normalized spacial score (nSPS) is 14.3. The number of likely N-dealkylation sites (N-methyl/N-ethyl adjacent to an activating group) is 1. The number of guanidine groups is 1. The van der Waals surface area contributed by atoms with E-state index < -0.39 is 10.0 Å². The zero-order valence-corrected chi connectivity index (χ0v) is 16.4. The largest absolute Gasteiger partial charge is 0.383 e. The lowest BCUT2D eigenvalue weighted by Gasteiger charge is -2.15. The molecular formula is C14H23IN4O3S. The van der Waals surface area contributed by atoms with Gasteiger partial charge in [0.15, 0.2) is 5.96 Å².